The molecule has 1 heterocycles. The van der Waals surface area contributed by atoms with E-state index in [1.807, 2.05) is 60.7 Å². The van der Waals surface area contributed by atoms with Crippen LogP contribution in [0.4, 0.5) is 0 Å². The van der Waals surface area contributed by atoms with E-state index in [2.05, 4.69) is 14.9 Å². The predicted molar refractivity (Wildman–Crippen MR) is 116 cm³/mol. The fraction of sp³-hybridized carbons (Fsp3) is 0.0870. The van der Waals surface area contributed by atoms with Gasteiger partial charge in [-0.1, -0.05) is 54.6 Å². The van der Waals surface area contributed by atoms with Crippen LogP contribution in [0.3, 0.4) is 0 Å². The molecular formula is C23H19N3O5S. The van der Waals surface area contributed by atoms with Gasteiger partial charge in [-0.05, 0) is 35.9 Å². The van der Waals surface area contributed by atoms with Crippen LogP contribution in [0.5, 0.6) is 0 Å². The van der Waals surface area contributed by atoms with Crippen molar-refractivity contribution in [3.05, 3.63) is 102 Å². The number of nitrogens with one attached hydrogen (secondary N) is 1. The smallest absolute Gasteiger partial charge is 0.338 e. The van der Waals surface area contributed by atoms with Gasteiger partial charge >= 0.3 is 5.97 Å². The zero-order chi connectivity index (χ0) is 22.4. The highest BCUT2D eigenvalue weighted by atomic mass is 32.2. The van der Waals surface area contributed by atoms with Crippen molar-refractivity contribution in [1.29, 1.82) is 0 Å². The molecular weight excluding hydrogens is 430 g/mol. The molecule has 0 aliphatic rings. The number of benzene rings is 3. The highest BCUT2D eigenvalue weighted by Crippen LogP contribution is 2.18. The van der Waals surface area contributed by atoms with E-state index >= 15 is 0 Å². The van der Waals surface area contributed by atoms with Gasteiger partial charge in [0.25, 0.3) is 5.89 Å². The van der Waals surface area contributed by atoms with E-state index in [0.29, 0.717) is 5.89 Å². The number of esters is 1. The maximum absolute atomic E-state index is 12.6. The van der Waals surface area contributed by atoms with Crippen molar-refractivity contribution in [3.63, 3.8) is 0 Å². The Labute approximate surface area is 184 Å². The number of nitrogens with zero attached hydrogens (tertiary/aromatic N) is 2. The number of aromatic nitrogens is 2. The van der Waals surface area contributed by atoms with Gasteiger partial charge in [0.15, 0.2) is 6.61 Å². The number of ether oxygens (including phenoxy) is 1. The quantitative estimate of drug-likeness (QED) is 0.409. The molecule has 0 spiro atoms. The predicted octanol–water partition coefficient (Wildman–Crippen LogP) is 3.57. The van der Waals surface area contributed by atoms with Crippen LogP contribution in [-0.2, 0) is 27.9 Å². The van der Waals surface area contributed by atoms with Crippen LogP contribution in [0, 0.1) is 0 Å². The molecule has 4 rings (SSSR count). The summed E-state index contributed by atoms with van der Waals surface area (Å²) in [6.45, 7) is -0.0966. The van der Waals surface area contributed by atoms with Crippen molar-refractivity contribution < 1.29 is 22.4 Å². The van der Waals surface area contributed by atoms with Gasteiger partial charge < -0.3 is 9.15 Å². The molecule has 0 radical (unpaired) electrons. The minimum absolute atomic E-state index is 0.0352. The van der Waals surface area contributed by atoms with Crippen LogP contribution in [-0.4, -0.2) is 24.6 Å². The second-order valence-electron chi connectivity index (χ2n) is 6.78. The van der Waals surface area contributed by atoms with E-state index in [0.717, 1.165) is 11.1 Å². The van der Waals surface area contributed by atoms with Crippen molar-refractivity contribution >= 4 is 16.0 Å². The summed E-state index contributed by atoms with van der Waals surface area (Å²) in [7, 11) is -3.81. The molecule has 0 amide bonds. The summed E-state index contributed by atoms with van der Waals surface area (Å²) in [6.07, 6.45) is 0. The van der Waals surface area contributed by atoms with Crippen LogP contribution < -0.4 is 4.72 Å². The van der Waals surface area contributed by atoms with E-state index in [1.165, 1.54) is 24.3 Å². The normalized spacial score (nSPS) is 11.2. The van der Waals surface area contributed by atoms with Crippen molar-refractivity contribution in [2.75, 3.05) is 0 Å². The highest BCUT2D eigenvalue weighted by molar-refractivity contribution is 7.89. The largest absolute Gasteiger partial charge is 0.452 e. The average molecular weight is 449 g/mol. The van der Waals surface area contributed by atoms with Crippen LogP contribution in [0.2, 0.25) is 0 Å². The Morgan fingerprint density at radius 3 is 2.38 bits per heavy atom. The molecule has 3 aromatic carbocycles. The molecule has 1 N–H and O–H groups in total. The molecule has 1 aromatic heterocycles. The second kappa shape index (κ2) is 9.54. The van der Waals surface area contributed by atoms with E-state index in [-0.39, 0.29) is 29.5 Å². The third-order valence-electron chi connectivity index (χ3n) is 4.50. The topological polar surface area (TPSA) is 111 Å². The Balaban J connectivity index is 1.39. The minimum atomic E-state index is -3.81. The number of rotatable bonds is 8. The van der Waals surface area contributed by atoms with Gasteiger partial charge in [-0.25, -0.2) is 17.9 Å². The van der Waals surface area contributed by atoms with Crippen molar-refractivity contribution in [2.45, 2.75) is 18.0 Å². The Hall–Kier alpha value is -3.82. The average Bonchev–Trinajstić information content (AvgIpc) is 3.32. The molecule has 0 bridgehead atoms. The zero-order valence-electron chi connectivity index (χ0n) is 16.8. The maximum Gasteiger partial charge on any atom is 0.338 e. The Morgan fingerprint density at radius 1 is 0.906 bits per heavy atom. The molecule has 0 unspecified atom stereocenters. The van der Waals surface area contributed by atoms with Gasteiger partial charge in [-0.3, -0.25) is 0 Å². The number of sulfonamides is 1. The summed E-state index contributed by atoms with van der Waals surface area (Å²) in [6, 6.07) is 24.0. The van der Waals surface area contributed by atoms with Crippen LogP contribution >= 0.6 is 0 Å². The summed E-state index contributed by atoms with van der Waals surface area (Å²) >= 11 is 0. The summed E-state index contributed by atoms with van der Waals surface area (Å²) in [5, 5.41) is 7.80. The number of carbonyl (C=O) groups is 1. The fourth-order valence-electron chi connectivity index (χ4n) is 2.87. The third-order valence-corrected chi connectivity index (χ3v) is 5.90. The molecule has 8 nitrogen and oxygen atoms in total. The molecule has 0 aliphatic heterocycles. The van der Waals surface area contributed by atoms with Gasteiger partial charge in [0.2, 0.25) is 15.9 Å². The van der Waals surface area contributed by atoms with Gasteiger partial charge in [0.05, 0.1) is 10.5 Å². The molecule has 162 valence electrons. The minimum Gasteiger partial charge on any atom is -0.452 e. The van der Waals surface area contributed by atoms with Gasteiger partial charge in [-0.15, -0.1) is 10.2 Å². The molecule has 0 saturated heterocycles. The molecule has 0 fully saturated rings. The van der Waals surface area contributed by atoms with E-state index < -0.39 is 16.0 Å². The first-order valence-electron chi connectivity index (χ1n) is 9.70. The first-order valence-corrected chi connectivity index (χ1v) is 11.2. The Kier molecular flexibility index (Phi) is 6.39. The zero-order valence-corrected chi connectivity index (χ0v) is 17.7. The SMILES string of the molecule is O=C(OCc1nnc(-c2ccccc2)o1)c1cccc(S(=O)(=O)NCc2ccccc2)c1. The Bertz CT molecular complexity index is 1310. The number of hydrogen-bond donors (Lipinski definition) is 1. The Morgan fingerprint density at radius 2 is 1.62 bits per heavy atom. The lowest BCUT2D eigenvalue weighted by Crippen LogP contribution is -2.23. The number of hydrogen-bond acceptors (Lipinski definition) is 7. The van der Waals surface area contributed by atoms with E-state index in [4.69, 9.17) is 9.15 Å². The van der Waals surface area contributed by atoms with Crippen LogP contribution in [0.15, 0.2) is 94.2 Å². The maximum atomic E-state index is 12.6. The first kappa shape index (κ1) is 21.4. The molecule has 4 aromatic rings. The lowest BCUT2D eigenvalue weighted by atomic mass is 10.2. The van der Waals surface area contributed by atoms with Crippen LogP contribution in [0.1, 0.15) is 21.8 Å². The molecule has 0 atom stereocenters. The van der Waals surface area contributed by atoms with Crippen molar-refractivity contribution in [3.8, 4) is 11.5 Å². The number of carbonyl (C=O) groups excluding carboxylic acids is 1. The second-order valence-corrected chi connectivity index (χ2v) is 8.55. The standard InChI is InChI=1S/C23H19N3O5S/c27-23(30-16-21-25-26-22(31-21)18-10-5-2-6-11-18)19-12-7-13-20(14-19)32(28,29)24-15-17-8-3-1-4-9-17/h1-14,24H,15-16H2. The monoisotopic (exact) mass is 449 g/mol. The molecule has 0 saturated carbocycles. The third kappa shape index (κ3) is 5.26. The fourth-order valence-corrected chi connectivity index (χ4v) is 3.93. The van der Waals surface area contributed by atoms with E-state index in [9.17, 15) is 13.2 Å². The summed E-state index contributed by atoms with van der Waals surface area (Å²) in [4.78, 5) is 12.4. The van der Waals surface area contributed by atoms with Crippen LogP contribution in [0.25, 0.3) is 11.5 Å². The molecule has 0 aliphatic carbocycles. The van der Waals surface area contributed by atoms with E-state index in [1.54, 1.807) is 0 Å². The van der Waals surface area contributed by atoms with Gasteiger partial charge in [0, 0.05) is 12.1 Å². The van der Waals surface area contributed by atoms with Gasteiger partial charge in [0.1, 0.15) is 0 Å². The molecule has 9 heteroatoms. The highest BCUT2D eigenvalue weighted by Gasteiger charge is 2.18. The summed E-state index contributed by atoms with van der Waals surface area (Å²) < 4.78 is 38.4. The van der Waals surface area contributed by atoms with Gasteiger partial charge in [-0.2, -0.15) is 0 Å². The van der Waals surface area contributed by atoms with Crippen molar-refractivity contribution in [1.82, 2.24) is 14.9 Å². The summed E-state index contributed by atoms with van der Waals surface area (Å²) in [5.41, 5.74) is 1.66. The lowest BCUT2D eigenvalue weighted by molar-refractivity contribution is 0.0438. The first-order chi connectivity index (χ1) is 15.5. The molecule has 32 heavy (non-hydrogen) atoms. The summed E-state index contributed by atoms with van der Waals surface area (Å²) in [5.74, 6) is -0.260. The van der Waals surface area contributed by atoms with Crippen molar-refractivity contribution in [2.24, 2.45) is 0 Å². The lowest BCUT2D eigenvalue weighted by Gasteiger charge is -2.08.